The molecule has 0 amide bonds. The van der Waals surface area contributed by atoms with Crippen molar-refractivity contribution in [2.45, 2.75) is 62.6 Å². The van der Waals surface area contributed by atoms with Gasteiger partial charge in [0, 0.05) is 12.3 Å². The van der Waals surface area contributed by atoms with Gasteiger partial charge >= 0.3 is 0 Å². The Kier molecular flexibility index (Phi) is 4.99. The van der Waals surface area contributed by atoms with Gasteiger partial charge < -0.3 is 24.8 Å². The first-order chi connectivity index (χ1) is 9.54. The van der Waals surface area contributed by atoms with E-state index in [1.807, 2.05) is 6.92 Å². The van der Waals surface area contributed by atoms with Gasteiger partial charge in [-0.2, -0.15) is 5.26 Å². The molecule has 3 N–H and O–H groups in total. The van der Waals surface area contributed by atoms with Gasteiger partial charge in [-0.25, -0.2) is 0 Å². The van der Waals surface area contributed by atoms with Gasteiger partial charge in [-0.3, -0.25) is 0 Å². The second-order valence-corrected chi connectivity index (χ2v) is 5.92. The molecule has 6 heteroatoms. The summed E-state index contributed by atoms with van der Waals surface area (Å²) < 4.78 is 11.8. The van der Waals surface area contributed by atoms with Gasteiger partial charge in [-0.15, -0.1) is 0 Å². The summed E-state index contributed by atoms with van der Waals surface area (Å²) in [6.07, 6.45) is 0.728. The van der Waals surface area contributed by atoms with E-state index in [4.69, 9.17) is 19.8 Å². The smallest absolute Gasteiger partial charge is 0.120 e. The van der Waals surface area contributed by atoms with E-state index in [0.717, 1.165) is 12.8 Å². The summed E-state index contributed by atoms with van der Waals surface area (Å²) in [5.74, 6) is -0.0894. The first kappa shape index (κ1) is 15.7. The van der Waals surface area contributed by atoms with Crippen molar-refractivity contribution in [1.29, 1.82) is 5.26 Å². The molecule has 2 heterocycles. The molecule has 2 aliphatic heterocycles. The van der Waals surface area contributed by atoms with Crippen molar-refractivity contribution in [2.24, 2.45) is 5.92 Å². The largest absolute Gasteiger partial charge is 0.394 e. The lowest BCUT2D eigenvalue weighted by Crippen LogP contribution is -2.51. The van der Waals surface area contributed by atoms with E-state index in [1.54, 1.807) is 0 Å². The van der Waals surface area contributed by atoms with Gasteiger partial charge in [0.15, 0.2) is 0 Å². The minimum atomic E-state index is -0.955. The van der Waals surface area contributed by atoms with Gasteiger partial charge in [-0.05, 0) is 26.2 Å². The van der Waals surface area contributed by atoms with Crippen LogP contribution in [-0.2, 0) is 9.47 Å². The highest BCUT2D eigenvalue weighted by Gasteiger charge is 2.54. The average molecular weight is 285 g/mol. The van der Waals surface area contributed by atoms with E-state index in [2.05, 4.69) is 6.07 Å². The second-order valence-electron chi connectivity index (χ2n) is 5.92. The Labute approximate surface area is 118 Å². The van der Waals surface area contributed by atoms with Crippen LogP contribution in [0.5, 0.6) is 0 Å². The predicted octanol–water partition coefficient (Wildman–Crippen LogP) is -0.0430. The summed E-state index contributed by atoms with van der Waals surface area (Å²) in [6, 6.07) is 2.19. The molecule has 0 saturated carbocycles. The Hall–Kier alpha value is -0.710. The fourth-order valence-electron chi connectivity index (χ4n) is 3.20. The van der Waals surface area contributed by atoms with E-state index in [-0.39, 0.29) is 31.3 Å². The van der Waals surface area contributed by atoms with Crippen molar-refractivity contribution < 1.29 is 24.8 Å². The van der Waals surface area contributed by atoms with Gasteiger partial charge in [0.05, 0.1) is 37.6 Å². The summed E-state index contributed by atoms with van der Waals surface area (Å²) in [5.41, 5.74) is -0.807. The third-order valence-electron chi connectivity index (χ3n) is 4.35. The number of fused-ring (bicyclic) bond motifs is 1. The SMILES string of the molecule is C[C@@H](C#N)CC1CC[C@@H]2O[C@@H]([C@H](O)CO)C[C@]2(CO)O1. The highest BCUT2D eigenvalue weighted by molar-refractivity contribution is 5.03. The highest BCUT2D eigenvalue weighted by Crippen LogP contribution is 2.43. The number of hydrogen-bond acceptors (Lipinski definition) is 6. The van der Waals surface area contributed by atoms with Crippen LogP contribution in [0.1, 0.15) is 32.6 Å². The van der Waals surface area contributed by atoms with Gasteiger partial charge in [-0.1, -0.05) is 0 Å². The van der Waals surface area contributed by atoms with E-state index < -0.39 is 17.8 Å². The van der Waals surface area contributed by atoms with E-state index >= 15 is 0 Å². The minimum absolute atomic E-state index is 0.0679. The Morgan fingerprint density at radius 3 is 2.75 bits per heavy atom. The molecule has 114 valence electrons. The fraction of sp³-hybridized carbons (Fsp3) is 0.929. The molecule has 2 saturated heterocycles. The maximum atomic E-state index is 9.72. The minimum Gasteiger partial charge on any atom is -0.394 e. The second kappa shape index (κ2) is 6.37. The quantitative estimate of drug-likeness (QED) is 0.655. The Balaban J connectivity index is 2.04. The van der Waals surface area contributed by atoms with Crippen LogP contribution in [0.3, 0.4) is 0 Å². The molecule has 6 nitrogen and oxygen atoms in total. The van der Waals surface area contributed by atoms with Crippen LogP contribution in [0, 0.1) is 17.2 Å². The number of hydrogen-bond donors (Lipinski definition) is 3. The van der Waals surface area contributed by atoms with Crippen molar-refractivity contribution >= 4 is 0 Å². The number of aliphatic hydroxyl groups is 3. The number of ether oxygens (including phenoxy) is 2. The maximum Gasteiger partial charge on any atom is 0.120 e. The van der Waals surface area contributed by atoms with Crippen molar-refractivity contribution in [3.63, 3.8) is 0 Å². The number of aliphatic hydroxyl groups excluding tert-OH is 3. The molecule has 0 aromatic heterocycles. The van der Waals surface area contributed by atoms with Crippen LogP contribution in [0.25, 0.3) is 0 Å². The number of nitriles is 1. The molecular formula is C14H23NO5. The third-order valence-corrected chi connectivity index (χ3v) is 4.35. The highest BCUT2D eigenvalue weighted by atomic mass is 16.6. The monoisotopic (exact) mass is 285 g/mol. The zero-order valence-corrected chi connectivity index (χ0v) is 11.7. The van der Waals surface area contributed by atoms with Crippen molar-refractivity contribution in [2.75, 3.05) is 13.2 Å². The third kappa shape index (κ3) is 2.97. The lowest BCUT2D eigenvalue weighted by Gasteiger charge is -2.41. The van der Waals surface area contributed by atoms with Crippen LogP contribution in [0.4, 0.5) is 0 Å². The van der Waals surface area contributed by atoms with Crippen LogP contribution >= 0.6 is 0 Å². The standard InChI is InChI=1S/C14H23NO5/c1-9(6-15)4-10-2-3-13-14(8-17,20-10)5-12(19-13)11(18)7-16/h9-13,16-18H,2-5,7-8H2,1H3/t9-,10?,11-,12-,13+,14-/m1/s1. The summed E-state index contributed by atoms with van der Waals surface area (Å²) >= 11 is 0. The van der Waals surface area contributed by atoms with Crippen molar-refractivity contribution in [3.05, 3.63) is 0 Å². The topological polar surface area (TPSA) is 103 Å². The molecule has 20 heavy (non-hydrogen) atoms. The lowest BCUT2D eigenvalue weighted by molar-refractivity contribution is -0.186. The van der Waals surface area contributed by atoms with Crippen LogP contribution in [0.2, 0.25) is 0 Å². The molecular weight excluding hydrogens is 262 g/mol. The molecule has 0 aromatic carbocycles. The normalized spacial score (nSPS) is 39.9. The molecule has 6 atom stereocenters. The summed E-state index contributed by atoms with van der Waals surface area (Å²) in [7, 11) is 0. The molecule has 2 rings (SSSR count). The van der Waals surface area contributed by atoms with Crippen LogP contribution in [0.15, 0.2) is 0 Å². The lowest BCUT2D eigenvalue weighted by atomic mass is 9.85. The molecule has 1 unspecified atom stereocenters. The summed E-state index contributed by atoms with van der Waals surface area (Å²) in [6.45, 7) is 1.31. The number of nitrogens with zero attached hydrogens (tertiary/aromatic N) is 1. The number of rotatable bonds is 5. The molecule has 0 aromatic rings. The summed E-state index contributed by atoms with van der Waals surface area (Å²) in [4.78, 5) is 0. The van der Waals surface area contributed by atoms with E-state index in [0.29, 0.717) is 12.8 Å². The predicted molar refractivity (Wildman–Crippen MR) is 69.7 cm³/mol. The molecule has 2 fully saturated rings. The molecule has 0 radical (unpaired) electrons. The van der Waals surface area contributed by atoms with Crippen molar-refractivity contribution in [1.82, 2.24) is 0 Å². The average Bonchev–Trinajstić information content (AvgIpc) is 2.85. The molecule has 2 aliphatic rings. The molecule has 0 spiro atoms. The Morgan fingerprint density at radius 2 is 2.15 bits per heavy atom. The van der Waals surface area contributed by atoms with Crippen LogP contribution in [-0.4, -0.2) is 58.6 Å². The fourth-order valence-corrected chi connectivity index (χ4v) is 3.20. The first-order valence-electron chi connectivity index (χ1n) is 7.17. The van der Waals surface area contributed by atoms with Gasteiger partial charge in [0.1, 0.15) is 11.7 Å². The van der Waals surface area contributed by atoms with Gasteiger partial charge in [0.2, 0.25) is 0 Å². The molecule has 0 bridgehead atoms. The molecule has 0 aliphatic carbocycles. The van der Waals surface area contributed by atoms with E-state index in [9.17, 15) is 10.2 Å². The van der Waals surface area contributed by atoms with E-state index in [1.165, 1.54) is 0 Å². The zero-order chi connectivity index (χ0) is 14.8. The Bertz CT molecular complexity index is 371. The zero-order valence-electron chi connectivity index (χ0n) is 11.7. The van der Waals surface area contributed by atoms with Crippen molar-refractivity contribution in [3.8, 4) is 6.07 Å². The summed E-state index contributed by atoms with van der Waals surface area (Å²) in [5, 5.41) is 37.3. The van der Waals surface area contributed by atoms with Gasteiger partial charge in [0.25, 0.3) is 0 Å². The first-order valence-corrected chi connectivity index (χ1v) is 7.17. The van der Waals surface area contributed by atoms with Crippen LogP contribution < -0.4 is 0 Å². The Morgan fingerprint density at radius 1 is 1.40 bits per heavy atom. The maximum absolute atomic E-state index is 9.72.